The summed E-state index contributed by atoms with van der Waals surface area (Å²) in [5, 5.41) is 6.96. The van der Waals surface area contributed by atoms with Crippen molar-refractivity contribution < 1.29 is 0 Å². The third-order valence-electron chi connectivity index (χ3n) is 5.33. The molecule has 0 saturated heterocycles. The van der Waals surface area contributed by atoms with Gasteiger partial charge in [-0.05, 0) is 31.4 Å². The minimum atomic E-state index is 0. The predicted molar refractivity (Wildman–Crippen MR) is 129 cm³/mol. The minimum absolute atomic E-state index is 0. The van der Waals surface area contributed by atoms with Crippen LogP contribution in [-0.4, -0.2) is 38.1 Å². The largest absolute Gasteiger partial charge is 0.362 e. The summed E-state index contributed by atoms with van der Waals surface area (Å²) < 4.78 is 0. The van der Waals surface area contributed by atoms with E-state index >= 15 is 0 Å². The van der Waals surface area contributed by atoms with Crippen LogP contribution in [0.15, 0.2) is 53.7 Å². The molecule has 1 heterocycles. The molecule has 6 heteroatoms. The molecule has 1 fully saturated rings. The van der Waals surface area contributed by atoms with E-state index in [1.165, 1.54) is 24.8 Å². The Morgan fingerprint density at radius 2 is 1.86 bits per heavy atom. The summed E-state index contributed by atoms with van der Waals surface area (Å²) in [7, 11) is 4.03. The summed E-state index contributed by atoms with van der Waals surface area (Å²) in [6.45, 7) is 4.46. The number of nitrogens with zero attached hydrogens (tertiary/aromatic N) is 3. The van der Waals surface area contributed by atoms with E-state index in [-0.39, 0.29) is 29.4 Å². The average Bonchev–Trinajstić information content (AvgIpc) is 2.66. The Morgan fingerprint density at radius 1 is 1.11 bits per heavy atom. The molecule has 1 aromatic carbocycles. The minimum Gasteiger partial charge on any atom is -0.362 e. The lowest BCUT2D eigenvalue weighted by Crippen LogP contribution is -2.48. The Bertz CT molecular complexity index is 757. The van der Waals surface area contributed by atoms with E-state index in [0.29, 0.717) is 6.54 Å². The van der Waals surface area contributed by atoms with Gasteiger partial charge in [0.1, 0.15) is 5.82 Å². The smallest absolute Gasteiger partial charge is 0.191 e. The molecule has 1 aromatic heterocycles. The van der Waals surface area contributed by atoms with Crippen molar-refractivity contribution in [1.29, 1.82) is 0 Å². The van der Waals surface area contributed by atoms with E-state index in [0.717, 1.165) is 30.4 Å². The van der Waals surface area contributed by atoms with Crippen molar-refractivity contribution in [2.75, 3.05) is 32.1 Å². The van der Waals surface area contributed by atoms with Crippen molar-refractivity contribution in [3.63, 3.8) is 0 Å². The molecule has 0 bridgehead atoms. The molecule has 1 saturated carbocycles. The van der Waals surface area contributed by atoms with Gasteiger partial charge in [0.15, 0.2) is 5.96 Å². The van der Waals surface area contributed by atoms with E-state index in [9.17, 15) is 0 Å². The average molecular weight is 493 g/mol. The molecule has 28 heavy (non-hydrogen) atoms. The number of hydrogen-bond acceptors (Lipinski definition) is 3. The number of anilines is 1. The van der Waals surface area contributed by atoms with Crippen LogP contribution < -0.4 is 15.5 Å². The molecule has 0 unspecified atom stereocenters. The van der Waals surface area contributed by atoms with E-state index in [4.69, 9.17) is 4.99 Å². The van der Waals surface area contributed by atoms with Gasteiger partial charge in [-0.3, -0.25) is 0 Å². The van der Waals surface area contributed by atoms with Gasteiger partial charge in [0.2, 0.25) is 0 Å². The number of halogens is 1. The van der Waals surface area contributed by atoms with Crippen LogP contribution in [-0.2, 0) is 12.0 Å². The number of pyridine rings is 1. The molecule has 0 atom stereocenters. The van der Waals surface area contributed by atoms with Crippen molar-refractivity contribution in [3.8, 4) is 0 Å². The first-order valence-corrected chi connectivity index (χ1v) is 9.83. The van der Waals surface area contributed by atoms with Crippen LogP contribution >= 0.6 is 24.0 Å². The van der Waals surface area contributed by atoms with Crippen LogP contribution in [0.25, 0.3) is 0 Å². The predicted octanol–water partition coefficient (Wildman–Crippen LogP) is 3.94. The molecular formula is C22H32IN5. The van der Waals surface area contributed by atoms with Gasteiger partial charge in [0, 0.05) is 44.4 Å². The monoisotopic (exact) mass is 493 g/mol. The van der Waals surface area contributed by atoms with Crippen molar-refractivity contribution in [1.82, 2.24) is 15.6 Å². The molecule has 0 aliphatic heterocycles. The Balaban J connectivity index is 0.00000280. The zero-order chi connectivity index (χ0) is 19.1. The maximum Gasteiger partial charge on any atom is 0.191 e. The highest BCUT2D eigenvalue weighted by Gasteiger charge is 2.38. The lowest BCUT2D eigenvalue weighted by atomic mass is 9.64. The second-order valence-electron chi connectivity index (χ2n) is 7.43. The molecule has 0 radical (unpaired) electrons. The molecule has 3 rings (SSSR count). The van der Waals surface area contributed by atoms with Crippen LogP contribution in [0.1, 0.15) is 37.3 Å². The van der Waals surface area contributed by atoms with Gasteiger partial charge in [-0.2, -0.15) is 0 Å². The van der Waals surface area contributed by atoms with Gasteiger partial charge >= 0.3 is 0 Å². The quantitative estimate of drug-likeness (QED) is 0.349. The van der Waals surface area contributed by atoms with E-state index in [1.54, 1.807) is 0 Å². The van der Waals surface area contributed by atoms with E-state index in [1.807, 2.05) is 31.3 Å². The number of guanidine groups is 1. The Kier molecular flexibility index (Phi) is 8.54. The first kappa shape index (κ1) is 22.5. The Labute approximate surface area is 186 Å². The lowest BCUT2D eigenvalue weighted by molar-refractivity contribution is 0.244. The van der Waals surface area contributed by atoms with Crippen LogP contribution in [0.4, 0.5) is 5.82 Å². The summed E-state index contributed by atoms with van der Waals surface area (Å²) >= 11 is 0. The third-order valence-corrected chi connectivity index (χ3v) is 5.33. The van der Waals surface area contributed by atoms with Gasteiger partial charge in [0.05, 0.1) is 6.54 Å². The second-order valence-corrected chi connectivity index (χ2v) is 7.43. The van der Waals surface area contributed by atoms with Gasteiger partial charge in [-0.15, -0.1) is 24.0 Å². The molecule has 1 aliphatic carbocycles. The first-order valence-electron chi connectivity index (χ1n) is 9.83. The molecule has 0 spiro atoms. The van der Waals surface area contributed by atoms with Crippen molar-refractivity contribution in [2.45, 2.75) is 38.1 Å². The molecular weight excluding hydrogens is 461 g/mol. The number of hydrogen-bond donors (Lipinski definition) is 2. The van der Waals surface area contributed by atoms with E-state index in [2.05, 4.69) is 58.9 Å². The fraction of sp³-hybridized carbons (Fsp3) is 0.455. The zero-order valence-electron chi connectivity index (χ0n) is 17.1. The SMILES string of the molecule is CCNC(=NCc1cccnc1N(C)C)NCC1(c2ccccc2)CCC1.I. The lowest BCUT2D eigenvalue weighted by Gasteiger charge is -2.43. The molecule has 5 nitrogen and oxygen atoms in total. The molecule has 0 amide bonds. The van der Waals surface area contributed by atoms with Crippen LogP contribution in [0.3, 0.4) is 0 Å². The Hall–Kier alpha value is -1.83. The number of rotatable bonds is 7. The van der Waals surface area contributed by atoms with E-state index < -0.39 is 0 Å². The van der Waals surface area contributed by atoms with Gasteiger partial charge in [0.25, 0.3) is 0 Å². The molecule has 2 N–H and O–H groups in total. The summed E-state index contributed by atoms with van der Waals surface area (Å²) in [5.74, 6) is 1.84. The molecule has 152 valence electrons. The first-order chi connectivity index (χ1) is 13.1. The summed E-state index contributed by atoms with van der Waals surface area (Å²) in [6.07, 6.45) is 5.59. The Morgan fingerprint density at radius 3 is 2.46 bits per heavy atom. The number of nitrogens with one attached hydrogen (secondary N) is 2. The van der Waals surface area contributed by atoms with Crippen molar-refractivity contribution >= 4 is 35.8 Å². The van der Waals surface area contributed by atoms with Crippen LogP contribution in [0.2, 0.25) is 0 Å². The van der Waals surface area contributed by atoms with Gasteiger partial charge < -0.3 is 15.5 Å². The topological polar surface area (TPSA) is 52.6 Å². The summed E-state index contributed by atoms with van der Waals surface area (Å²) in [5.41, 5.74) is 2.79. The van der Waals surface area contributed by atoms with Gasteiger partial charge in [-0.25, -0.2) is 9.98 Å². The second kappa shape index (κ2) is 10.6. The number of aliphatic imine (C=N–C) groups is 1. The number of aromatic nitrogens is 1. The fourth-order valence-corrected chi connectivity index (χ4v) is 3.68. The fourth-order valence-electron chi connectivity index (χ4n) is 3.68. The molecule has 1 aliphatic rings. The van der Waals surface area contributed by atoms with Gasteiger partial charge in [-0.1, -0.05) is 42.8 Å². The highest BCUT2D eigenvalue weighted by atomic mass is 127. The van der Waals surface area contributed by atoms with Crippen LogP contribution in [0.5, 0.6) is 0 Å². The van der Waals surface area contributed by atoms with Crippen molar-refractivity contribution in [3.05, 3.63) is 59.8 Å². The standard InChI is InChI=1S/C22H31N5.HI/c1-4-23-21(25-16-18-10-8-15-24-20(18)27(2)3)26-17-22(13-9-14-22)19-11-6-5-7-12-19;/h5-8,10-12,15H,4,9,13-14,16-17H2,1-3H3,(H2,23,25,26);1H. The summed E-state index contributed by atoms with van der Waals surface area (Å²) in [4.78, 5) is 11.3. The van der Waals surface area contributed by atoms with Crippen LogP contribution in [0, 0.1) is 0 Å². The maximum absolute atomic E-state index is 4.81. The maximum atomic E-state index is 4.81. The molecule has 2 aromatic rings. The third kappa shape index (κ3) is 5.37. The normalized spacial score (nSPS) is 15.2. The zero-order valence-corrected chi connectivity index (χ0v) is 19.4. The van der Waals surface area contributed by atoms with Crippen molar-refractivity contribution in [2.24, 2.45) is 4.99 Å². The highest BCUT2D eigenvalue weighted by Crippen LogP contribution is 2.43. The number of benzene rings is 1. The summed E-state index contributed by atoms with van der Waals surface area (Å²) in [6, 6.07) is 14.9. The highest BCUT2D eigenvalue weighted by molar-refractivity contribution is 14.0.